The SMILES string of the molecule is OC1CCCc2cnc3cc(OCc4ccccc4)ccc3c21. The van der Waals surface area contributed by atoms with Gasteiger partial charge in [0, 0.05) is 17.6 Å². The number of aliphatic hydroxyl groups is 1. The summed E-state index contributed by atoms with van der Waals surface area (Å²) in [5.41, 5.74) is 4.25. The standard InChI is InChI=1S/C20H19NO2/c22-19-8-4-7-15-12-21-18-11-16(9-10-17(18)20(15)19)23-13-14-5-2-1-3-6-14/h1-3,5-6,9-12,19,22H,4,7-8,13H2. The van der Waals surface area contributed by atoms with Crippen LogP contribution in [0.2, 0.25) is 0 Å². The van der Waals surface area contributed by atoms with Crippen molar-refractivity contribution in [2.45, 2.75) is 32.0 Å². The average Bonchev–Trinajstić information content (AvgIpc) is 2.60. The summed E-state index contributed by atoms with van der Waals surface area (Å²) in [6.07, 6.45) is 4.39. The fraction of sp³-hybridized carbons (Fsp3) is 0.250. The molecule has 0 aliphatic heterocycles. The Morgan fingerprint density at radius 2 is 2.00 bits per heavy atom. The van der Waals surface area contributed by atoms with Crippen molar-refractivity contribution in [3.63, 3.8) is 0 Å². The van der Waals surface area contributed by atoms with Crippen LogP contribution in [0.4, 0.5) is 0 Å². The van der Waals surface area contributed by atoms with E-state index in [0.717, 1.165) is 47.0 Å². The van der Waals surface area contributed by atoms with Gasteiger partial charge in [-0.2, -0.15) is 0 Å². The summed E-state index contributed by atoms with van der Waals surface area (Å²) in [6, 6.07) is 16.1. The number of benzene rings is 2. The number of fused-ring (bicyclic) bond motifs is 3. The van der Waals surface area contributed by atoms with Crippen LogP contribution in [0.1, 0.15) is 35.6 Å². The zero-order valence-electron chi connectivity index (χ0n) is 12.9. The molecule has 1 heterocycles. The van der Waals surface area contributed by atoms with E-state index in [-0.39, 0.29) is 6.10 Å². The molecule has 1 N–H and O–H groups in total. The van der Waals surface area contributed by atoms with E-state index in [9.17, 15) is 5.11 Å². The highest BCUT2D eigenvalue weighted by Crippen LogP contribution is 2.35. The van der Waals surface area contributed by atoms with E-state index in [2.05, 4.69) is 4.98 Å². The van der Waals surface area contributed by atoms with Crippen molar-refractivity contribution < 1.29 is 9.84 Å². The second-order valence-corrected chi connectivity index (χ2v) is 6.06. The Bertz CT molecular complexity index is 830. The predicted molar refractivity (Wildman–Crippen MR) is 90.4 cm³/mol. The van der Waals surface area contributed by atoms with Crippen LogP contribution >= 0.6 is 0 Å². The average molecular weight is 305 g/mol. The van der Waals surface area contributed by atoms with Crippen LogP contribution in [0, 0.1) is 0 Å². The van der Waals surface area contributed by atoms with Crippen LogP contribution in [0.3, 0.4) is 0 Å². The first-order valence-electron chi connectivity index (χ1n) is 8.07. The van der Waals surface area contributed by atoms with E-state index in [0.29, 0.717) is 6.61 Å². The maximum atomic E-state index is 10.3. The van der Waals surface area contributed by atoms with Gasteiger partial charge in [-0.3, -0.25) is 4.98 Å². The number of aromatic nitrogens is 1. The van der Waals surface area contributed by atoms with E-state index in [4.69, 9.17) is 4.74 Å². The molecule has 3 heteroatoms. The van der Waals surface area contributed by atoms with Gasteiger partial charge in [-0.15, -0.1) is 0 Å². The van der Waals surface area contributed by atoms with Crippen LogP contribution in [0.25, 0.3) is 10.9 Å². The van der Waals surface area contributed by atoms with E-state index in [1.54, 1.807) is 0 Å². The molecule has 0 radical (unpaired) electrons. The van der Waals surface area contributed by atoms with Crippen molar-refractivity contribution in [3.8, 4) is 5.75 Å². The lowest BCUT2D eigenvalue weighted by Crippen LogP contribution is -2.10. The van der Waals surface area contributed by atoms with Crippen LogP contribution in [-0.4, -0.2) is 10.1 Å². The van der Waals surface area contributed by atoms with E-state index >= 15 is 0 Å². The zero-order chi connectivity index (χ0) is 15.6. The lowest BCUT2D eigenvalue weighted by atomic mass is 9.88. The third-order valence-corrected chi connectivity index (χ3v) is 4.47. The third kappa shape index (κ3) is 2.80. The molecule has 1 atom stereocenters. The lowest BCUT2D eigenvalue weighted by molar-refractivity contribution is 0.158. The molecule has 116 valence electrons. The highest BCUT2D eigenvalue weighted by atomic mass is 16.5. The van der Waals surface area contributed by atoms with Crippen molar-refractivity contribution in [1.82, 2.24) is 4.98 Å². The fourth-order valence-corrected chi connectivity index (χ4v) is 3.29. The maximum absolute atomic E-state index is 10.3. The van der Waals surface area contributed by atoms with Crippen molar-refractivity contribution in [2.75, 3.05) is 0 Å². The molecule has 23 heavy (non-hydrogen) atoms. The lowest BCUT2D eigenvalue weighted by Gasteiger charge is -2.22. The zero-order valence-corrected chi connectivity index (χ0v) is 12.9. The molecule has 0 saturated carbocycles. The first-order valence-corrected chi connectivity index (χ1v) is 8.07. The van der Waals surface area contributed by atoms with Crippen molar-refractivity contribution in [1.29, 1.82) is 0 Å². The van der Waals surface area contributed by atoms with Gasteiger partial charge in [-0.1, -0.05) is 30.3 Å². The van der Waals surface area contributed by atoms with Crippen LogP contribution < -0.4 is 4.74 Å². The number of aryl methyl sites for hydroxylation is 1. The topological polar surface area (TPSA) is 42.4 Å². The van der Waals surface area contributed by atoms with Crippen LogP contribution in [0.5, 0.6) is 5.75 Å². The molecule has 3 aromatic rings. The van der Waals surface area contributed by atoms with Crippen molar-refractivity contribution in [2.24, 2.45) is 0 Å². The Morgan fingerprint density at radius 3 is 2.87 bits per heavy atom. The molecule has 2 aromatic carbocycles. The number of hydrogen-bond donors (Lipinski definition) is 1. The molecule has 1 aliphatic rings. The summed E-state index contributed by atoms with van der Waals surface area (Å²) >= 11 is 0. The molecular weight excluding hydrogens is 286 g/mol. The highest BCUT2D eigenvalue weighted by Gasteiger charge is 2.21. The molecule has 1 aliphatic carbocycles. The van der Waals surface area contributed by atoms with Gasteiger partial charge >= 0.3 is 0 Å². The molecule has 0 spiro atoms. The van der Waals surface area contributed by atoms with Gasteiger partial charge in [0.05, 0.1) is 11.6 Å². The van der Waals surface area contributed by atoms with Crippen molar-refractivity contribution >= 4 is 10.9 Å². The van der Waals surface area contributed by atoms with Crippen molar-refractivity contribution in [3.05, 3.63) is 71.4 Å². The van der Waals surface area contributed by atoms with Crippen LogP contribution in [0.15, 0.2) is 54.7 Å². The molecule has 0 bridgehead atoms. The molecule has 3 nitrogen and oxygen atoms in total. The van der Waals surface area contributed by atoms with Gasteiger partial charge in [0.2, 0.25) is 0 Å². The Hall–Kier alpha value is -2.39. The smallest absolute Gasteiger partial charge is 0.122 e. The summed E-state index contributed by atoms with van der Waals surface area (Å²) in [7, 11) is 0. The van der Waals surface area contributed by atoms with E-state index < -0.39 is 0 Å². The molecule has 1 unspecified atom stereocenters. The molecule has 0 saturated heterocycles. The van der Waals surface area contributed by atoms with E-state index in [1.807, 2.05) is 54.7 Å². The molecular formula is C20H19NO2. The summed E-state index contributed by atoms with van der Waals surface area (Å²) in [4.78, 5) is 4.55. The quantitative estimate of drug-likeness (QED) is 0.789. The Labute approximate surface area is 135 Å². The minimum atomic E-state index is -0.375. The predicted octanol–water partition coefficient (Wildman–Crippen LogP) is 4.18. The van der Waals surface area contributed by atoms with Gasteiger partial charge in [0.1, 0.15) is 12.4 Å². The summed E-state index contributed by atoms with van der Waals surface area (Å²) < 4.78 is 5.87. The number of nitrogens with zero attached hydrogens (tertiary/aromatic N) is 1. The number of ether oxygens (including phenoxy) is 1. The normalized spacial score (nSPS) is 17.0. The monoisotopic (exact) mass is 305 g/mol. The molecule has 0 amide bonds. The van der Waals surface area contributed by atoms with Gasteiger partial charge in [-0.05, 0) is 48.1 Å². The number of pyridine rings is 1. The van der Waals surface area contributed by atoms with Crippen LogP contribution in [-0.2, 0) is 13.0 Å². The Balaban J connectivity index is 1.64. The van der Waals surface area contributed by atoms with Gasteiger partial charge in [0.15, 0.2) is 0 Å². The summed E-state index contributed by atoms with van der Waals surface area (Å²) in [6.45, 7) is 0.542. The third-order valence-electron chi connectivity index (χ3n) is 4.47. The number of aliphatic hydroxyl groups excluding tert-OH is 1. The number of hydrogen-bond acceptors (Lipinski definition) is 3. The second kappa shape index (κ2) is 6.01. The van der Waals surface area contributed by atoms with E-state index in [1.165, 1.54) is 5.56 Å². The molecule has 0 fully saturated rings. The largest absolute Gasteiger partial charge is 0.489 e. The molecule has 1 aromatic heterocycles. The number of rotatable bonds is 3. The van der Waals surface area contributed by atoms with Gasteiger partial charge in [-0.25, -0.2) is 0 Å². The second-order valence-electron chi connectivity index (χ2n) is 6.06. The summed E-state index contributed by atoms with van der Waals surface area (Å²) in [5, 5.41) is 11.4. The fourth-order valence-electron chi connectivity index (χ4n) is 3.29. The molecule has 4 rings (SSSR count). The first-order chi connectivity index (χ1) is 11.3. The van der Waals surface area contributed by atoms with Gasteiger partial charge < -0.3 is 9.84 Å². The minimum absolute atomic E-state index is 0.375. The summed E-state index contributed by atoms with van der Waals surface area (Å²) in [5.74, 6) is 0.805. The minimum Gasteiger partial charge on any atom is -0.489 e. The van der Waals surface area contributed by atoms with Gasteiger partial charge in [0.25, 0.3) is 0 Å². The Morgan fingerprint density at radius 1 is 1.13 bits per heavy atom. The highest BCUT2D eigenvalue weighted by molar-refractivity contribution is 5.85. The first kappa shape index (κ1) is 14.2. The maximum Gasteiger partial charge on any atom is 0.122 e. The Kier molecular flexibility index (Phi) is 3.72.